The Bertz CT molecular complexity index is 424. The minimum atomic E-state index is -0.375. The molecule has 0 saturated carbocycles. The Kier molecular flexibility index (Phi) is 5.54. The molecule has 0 bridgehead atoms. The van der Waals surface area contributed by atoms with Crippen LogP contribution in [0.3, 0.4) is 0 Å². The van der Waals surface area contributed by atoms with Gasteiger partial charge in [-0.1, -0.05) is 13.8 Å². The zero-order chi connectivity index (χ0) is 14.6. The van der Waals surface area contributed by atoms with Gasteiger partial charge in [0.05, 0.1) is 17.9 Å². The van der Waals surface area contributed by atoms with E-state index in [1.54, 1.807) is 6.20 Å². The number of hydrogen-bond donors (Lipinski definition) is 2. The van der Waals surface area contributed by atoms with Crippen LogP contribution in [0, 0.1) is 12.8 Å². The second-order valence-electron chi connectivity index (χ2n) is 5.54. The largest absolute Gasteiger partial charge is 0.393 e. The van der Waals surface area contributed by atoms with Gasteiger partial charge in [0, 0.05) is 18.3 Å². The number of nitrogens with one attached hydrogen (secondary N) is 1. The van der Waals surface area contributed by atoms with Gasteiger partial charge in [-0.15, -0.1) is 0 Å². The third-order valence-electron chi connectivity index (χ3n) is 3.27. The normalized spacial score (nSPS) is 13.1. The van der Waals surface area contributed by atoms with Crippen molar-refractivity contribution >= 4 is 5.91 Å². The van der Waals surface area contributed by atoms with Crippen LogP contribution in [0.2, 0.25) is 0 Å². The van der Waals surface area contributed by atoms with E-state index >= 15 is 0 Å². The zero-order valence-electron chi connectivity index (χ0n) is 12.5. The van der Waals surface area contributed by atoms with Crippen molar-refractivity contribution in [1.82, 2.24) is 15.1 Å². The summed E-state index contributed by atoms with van der Waals surface area (Å²) in [7, 11) is 0. The molecule has 0 radical (unpaired) electrons. The Balaban J connectivity index is 2.55. The molecule has 5 nitrogen and oxygen atoms in total. The molecule has 1 unspecified atom stereocenters. The number of hydrogen-bond acceptors (Lipinski definition) is 3. The van der Waals surface area contributed by atoms with Gasteiger partial charge in [0.15, 0.2) is 0 Å². The van der Waals surface area contributed by atoms with Gasteiger partial charge in [-0.25, -0.2) is 0 Å². The molecule has 5 heteroatoms. The molecule has 108 valence electrons. The van der Waals surface area contributed by atoms with E-state index < -0.39 is 0 Å². The number of carbonyl (C=O) groups is 1. The molecule has 0 saturated heterocycles. The average molecular weight is 267 g/mol. The first-order chi connectivity index (χ1) is 8.84. The minimum Gasteiger partial charge on any atom is -0.393 e. The lowest BCUT2D eigenvalue weighted by molar-refractivity contribution is 0.0919. The predicted octanol–water partition coefficient (Wildman–Crippen LogP) is 1.91. The lowest BCUT2D eigenvalue weighted by Crippen LogP contribution is -2.29. The quantitative estimate of drug-likeness (QED) is 0.827. The van der Waals surface area contributed by atoms with Crippen molar-refractivity contribution in [2.75, 3.05) is 6.54 Å². The number of aliphatic hydroxyl groups excluding tert-OH is 1. The van der Waals surface area contributed by atoms with Crippen LogP contribution in [0.4, 0.5) is 0 Å². The van der Waals surface area contributed by atoms with Crippen LogP contribution in [0.1, 0.15) is 56.2 Å². The van der Waals surface area contributed by atoms with E-state index in [2.05, 4.69) is 10.4 Å². The van der Waals surface area contributed by atoms with Gasteiger partial charge in [-0.2, -0.15) is 5.10 Å². The maximum Gasteiger partial charge on any atom is 0.254 e. The Morgan fingerprint density at radius 1 is 1.42 bits per heavy atom. The Hall–Kier alpha value is -1.36. The third kappa shape index (κ3) is 4.06. The van der Waals surface area contributed by atoms with Crippen molar-refractivity contribution < 1.29 is 9.90 Å². The van der Waals surface area contributed by atoms with Crippen LogP contribution in [0.5, 0.6) is 0 Å². The maximum absolute atomic E-state index is 12.0. The average Bonchev–Trinajstić information content (AvgIpc) is 2.70. The maximum atomic E-state index is 12.0. The van der Waals surface area contributed by atoms with E-state index in [9.17, 15) is 9.90 Å². The second-order valence-corrected chi connectivity index (χ2v) is 5.54. The topological polar surface area (TPSA) is 67.2 Å². The predicted molar refractivity (Wildman–Crippen MR) is 75.1 cm³/mol. The molecule has 1 aromatic heterocycles. The van der Waals surface area contributed by atoms with Gasteiger partial charge < -0.3 is 10.4 Å². The highest BCUT2D eigenvalue weighted by molar-refractivity contribution is 5.95. The highest BCUT2D eigenvalue weighted by Gasteiger charge is 2.16. The van der Waals surface area contributed by atoms with E-state index in [4.69, 9.17) is 0 Å². The molecule has 0 aliphatic heterocycles. The summed E-state index contributed by atoms with van der Waals surface area (Å²) in [5, 5.41) is 16.7. The highest BCUT2D eigenvalue weighted by atomic mass is 16.3. The number of amides is 1. The number of aromatic nitrogens is 2. The van der Waals surface area contributed by atoms with Crippen molar-refractivity contribution in [1.29, 1.82) is 0 Å². The molecule has 1 aromatic rings. The molecule has 0 aliphatic carbocycles. The lowest BCUT2D eigenvalue weighted by atomic mass is 10.0. The summed E-state index contributed by atoms with van der Waals surface area (Å²) >= 11 is 0. The zero-order valence-corrected chi connectivity index (χ0v) is 12.5. The smallest absolute Gasteiger partial charge is 0.254 e. The number of rotatable bonds is 6. The van der Waals surface area contributed by atoms with Gasteiger partial charge in [0.1, 0.15) is 0 Å². The molecule has 1 amide bonds. The summed E-state index contributed by atoms with van der Waals surface area (Å²) < 4.78 is 1.83. The fourth-order valence-corrected chi connectivity index (χ4v) is 1.93. The SMILES string of the molecule is Cc1c(C(=O)NCCC(O)C(C)C)cnn1C(C)C. The van der Waals surface area contributed by atoms with Crippen LogP contribution in [-0.4, -0.2) is 33.4 Å². The van der Waals surface area contributed by atoms with Crippen molar-refractivity contribution in [3.8, 4) is 0 Å². The van der Waals surface area contributed by atoms with E-state index in [0.717, 1.165) is 5.69 Å². The van der Waals surface area contributed by atoms with E-state index in [0.29, 0.717) is 18.5 Å². The number of aliphatic hydroxyl groups is 1. The first-order valence-corrected chi connectivity index (χ1v) is 6.85. The summed E-state index contributed by atoms with van der Waals surface area (Å²) in [6, 6.07) is 0.240. The molecule has 0 aromatic carbocycles. The third-order valence-corrected chi connectivity index (χ3v) is 3.27. The molecule has 2 N–H and O–H groups in total. The van der Waals surface area contributed by atoms with Gasteiger partial charge in [0.2, 0.25) is 0 Å². The van der Waals surface area contributed by atoms with E-state index in [1.165, 1.54) is 0 Å². The van der Waals surface area contributed by atoms with Crippen LogP contribution in [0.15, 0.2) is 6.20 Å². The Labute approximate surface area is 115 Å². The summed E-state index contributed by atoms with van der Waals surface area (Å²) in [6.45, 7) is 10.4. The molecular weight excluding hydrogens is 242 g/mol. The van der Waals surface area contributed by atoms with Gasteiger partial charge in [0.25, 0.3) is 5.91 Å². The standard InChI is InChI=1S/C14H25N3O2/c1-9(2)13(18)6-7-15-14(19)12-8-16-17(10(3)4)11(12)5/h8-10,13,18H,6-7H2,1-5H3,(H,15,19). The van der Waals surface area contributed by atoms with Crippen molar-refractivity contribution in [2.45, 2.75) is 53.2 Å². The summed E-state index contributed by atoms with van der Waals surface area (Å²) in [5.74, 6) is 0.0858. The Morgan fingerprint density at radius 2 is 2.05 bits per heavy atom. The van der Waals surface area contributed by atoms with Crippen molar-refractivity contribution in [2.24, 2.45) is 5.92 Å². The molecule has 1 rings (SSSR count). The molecule has 1 atom stereocenters. The fraction of sp³-hybridized carbons (Fsp3) is 0.714. The highest BCUT2D eigenvalue weighted by Crippen LogP contribution is 2.12. The van der Waals surface area contributed by atoms with Gasteiger partial charge in [-0.3, -0.25) is 9.48 Å². The molecule has 0 spiro atoms. The van der Waals surface area contributed by atoms with Crippen LogP contribution in [0.25, 0.3) is 0 Å². The van der Waals surface area contributed by atoms with Crippen LogP contribution in [-0.2, 0) is 0 Å². The van der Waals surface area contributed by atoms with Crippen molar-refractivity contribution in [3.63, 3.8) is 0 Å². The fourth-order valence-electron chi connectivity index (χ4n) is 1.93. The monoisotopic (exact) mass is 267 g/mol. The van der Waals surface area contributed by atoms with E-state index in [1.807, 2.05) is 39.3 Å². The first kappa shape index (κ1) is 15.7. The number of nitrogens with zero attached hydrogens (tertiary/aromatic N) is 2. The molecule has 19 heavy (non-hydrogen) atoms. The molecule has 1 heterocycles. The summed E-state index contributed by atoms with van der Waals surface area (Å²) in [4.78, 5) is 12.0. The first-order valence-electron chi connectivity index (χ1n) is 6.85. The van der Waals surface area contributed by atoms with Gasteiger partial charge >= 0.3 is 0 Å². The lowest BCUT2D eigenvalue weighted by Gasteiger charge is -2.14. The van der Waals surface area contributed by atoms with Crippen molar-refractivity contribution in [3.05, 3.63) is 17.5 Å². The summed E-state index contributed by atoms with van der Waals surface area (Å²) in [6.07, 6.45) is 1.80. The molecular formula is C14H25N3O2. The molecule has 0 aliphatic rings. The molecule has 0 fully saturated rings. The van der Waals surface area contributed by atoms with Crippen LogP contribution < -0.4 is 5.32 Å². The minimum absolute atomic E-state index is 0.125. The number of carbonyl (C=O) groups excluding carboxylic acids is 1. The summed E-state index contributed by atoms with van der Waals surface area (Å²) in [5.41, 5.74) is 1.48. The second kappa shape index (κ2) is 6.70. The van der Waals surface area contributed by atoms with Gasteiger partial charge in [-0.05, 0) is 33.1 Å². The Morgan fingerprint density at radius 3 is 2.53 bits per heavy atom. The van der Waals surface area contributed by atoms with E-state index in [-0.39, 0.29) is 24.0 Å². The van der Waals surface area contributed by atoms with Crippen LogP contribution >= 0.6 is 0 Å².